The summed E-state index contributed by atoms with van der Waals surface area (Å²) in [6.07, 6.45) is 4.67. The minimum atomic E-state index is 0.743. The topological polar surface area (TPSA) is 18.5 Å². The summed E-state index contributed by atoms with van der Waals surface area (Å²) in [6.45, 7) is 0. The average molecular weight is 264 g/mol. The van der Waals surface area contributed by atoms with Crippen LogP contribution in [0.4, 0.5) is 0 Å². The molecule has 0 fully saturated rings. The third-order valence-electron chi connectivity index (χ3n) is 3.20. The van der Waals surface area contributed by atoms with Crippen LogP contribution in [0.15, 0.2) is 84.7 Å². The maximum absolute atomic E-state index is 5.64. The van der Waals surface area contributed by atoms with Gasteiger partial charge in [0.15, 0.2) is 0 Å². The van der Waals surface area contributed by atoms with Crippen molar-refractivity contribution in [3.63, 3.8) is 0 Å². The Hall–Kier alpha value is -2.48. The van der Waals surface area contributed by atoms with Gasteiger partial charge in [-0.2, -0.15) is 0 Å². The molecule has 2 aromatic rings. The van der Waals surface area contributed by atoms with Crippen LogP contribution in [-0.4, -0.2) is 0 Å². The molecule has 0 unspecified atom stereocenters. The Morgan fingerprint density at radius 1 is 0.550 bits per heavy atom. The number of rotatable bonds is 4. The fourth-order valence-electron chi connectivity index (χ4n) is 2.19. The van der Waals surface area contributed by atoms with Crippen molar-refractivity contribution < 1.29 is 9.47 Å². The van der Waals surface area contributed by atoms with Crippen molar-refractivity contribution in [2.45, 2.75) is 12.8 Å². The fourth-order valence-corrected chi connectivity index (χ4v) is 2.19. The molecule has 1 aliphatic rings. The molecule has 1 heterocycles. The predicted octanol–water partition coefficient (Wildman–Crippen LogP) is 4.20. The van der Waals surface area contributed by atoms with Crippen molar-refractivity contribution in [3.05, 3.63) is 95.8 Å². The van der Waals surface area contributed by atoms with Crippen LogP contribution in [0.3, 0.4) is 0 Å². The average Bonchev–Trinajstić information content (AvgIpc) is 2.51. The van der Waals surface area contributed by atoms with Crippen molar-refractivity contribution in [1.82, 2.24) is 0 Å². The molecule has 0 bridgehead atoms. The quantitative estimate of drug-likeness (QED) is 0.824. The van der Waals surface area contributed by atoms with E-state index >= 15 is 0 Å². The van der Waals surface area contributed by atoms with Crippen LogP contribution in [-0.2, 0) is 22.3 Å². The molecule has 0 saturated carbocycles. The number of hydrogen-bond acceptors (Lipinski definition) is 2. The molecule has 2 nitrogen and oxygen atoms in total. The molecule has 2 heteroatoms. The van der Waals surface area contributed by atoms with E-state index in [4.69, 9.17) is 9.47 Å². The standard InChI is InChI=1S/C18H16O2/c1-3-7-15(8-4-1)13-17-18(20-12-11-19-17)14-16-9-5-2-6-10-16/h1-12H,13-14H2. The van der Waals surface area contributed by atoms with Gasteiger partial charge in [0.1, 0.15) is 24.0 Å². The highest BCUT2D eigenvalue weighted by Gasteiger charge is 2.14. The van der Waals surface area contributed by atoms with Gasteiger partial charge in [-0.1, -0.05) is 60.7 Å². The Bertz CT molecular complexity index is 557. The van der Waals surface area contributed by atoms with Gasteiger partial charge < -0.3 is 9.47 Å². The Labute approximate surface area is 119 Å². The lowest BCUT2D eigenvalue weighted by Gasteiger charge is -2.17. The summed E-state index contributed by atoms with van der Waals surface area (Å²) in [4.78, 5) is 0. The van der Waals surface area contributed by atoms with Crippen molar-refractivity contribution >= 4 is 0 Å². The lowest BCUT2D eigenvalue weighted by atomic mass is 10.1. The van der Waals surface area contributed by atoms with Crippen LogP contribution in [0, 0.1) is 0 Å². The molecule has 0 N–H and O–H groups in total. The molecule has 0 aromatic heterocycles. The van der Waals surface area contributed by atoms with E-state index in [0.717, 1.165) is 24.4 Å². The van der Waals surface area contributed by atoms with Crippen LogP contribution in [0.2, 0.25) is 0 Å². The summed E-state index contributed by atoms with van der Waals surface area (Å²) >= 11 is 0. The molecule has 0 aliphatic carbocycles. The molecule has 0 atom stereocenters. The third-order valence-corrected chi connectivity index (χ3v) is 3.20. The molecule has 2 aromatic carbocycles. The van der Waals surface area contributed by atoms with E-state index in [1.54, 1.807) is 12.5 Å². The van der Waals surface area contributed by atoms with Crippen LogP contribution in [0.5, 0.6) is 0 Å². The summed E-state index contributed by atoms with van der Waals surface area (Å²) in [5, 5.41) is 0. The Morgan fingerprint density at radius 2 is 0.950 bits per heavy atom. The Kier molecular flexibility index (Phi) is 3.83. The monoisotopic (exact) mass is 264 g/mol. The van der Waals surface area contributed by atoms with Gasteiger partial charge in [0.05, 0.1) is 0 Å². The van der Waals surface area contributed by atoms with E-state index in [9.17, 15) is 0 Å². The third kappa shape index (κ3) is 3.09. The highest BCUT2D eigenvalue weighted by Crippen LogP contribution is 2.22. The molecule has 0 radical (unpaired) electrons. The van der Waals surface area contributed by atoms with Gasteiger partial charge in [-0.3, -0.25) is 0 Å². The van der Waals surface area contributed by atoms with Gasteiger partial charge in [-0.25, -0.2) is 0 Å². The first-order valence-electron chi connectivity index (χ1n) is 6.70. The highest BCUT2D eigenvalue weighted by molar-refractivity contribution is 5.26. The van der Waals surface area contributed by atoms with Crippen LogP contribution in [0.1, 0.15) is 11.1 Å². The van der Waals surface area contributed by atoms with E-state index in [-0.39, 0.29) is 0 Å². The summed E-state index contributed by atoms with van der Waals surface area (Å²) in [5.41, 5.74) is 2.43. The zero-order valence-electron chi connectivity index (χ0n) is 11.2. The molecule has 20 heavy (non-hydrogen) atoms. The molecule has 100 valence electrons. The highest BCUT2D eigenvalue weighted by atomic mass is 16.5. The molecule has 0 saturated heterocycles. The maximum atomic E-state index is 5.64. The fraction of sp³-hybridized carbons (Fsp3) is 0.111. The van der Waals surface area contributed by atoms with Gasteiger partial charge in [-0.15, -0.1) is 0 Å². The second-order valence-electron chi connectivity index (χ2n) is 4.68. The summed E-state index contributed by atoms with van der Waals surface area (Å²) in [7, 11) is 0. The zero-order chi connectivity index (χ0) is 13.6. The maximum Gasteiger partial charge on any atom is 0.146 e. The molecule has 1 aliphatic heterocycles. The van der Waals surface area contributed by atoms with Gasteiger partial charge in [0, 0.05) is 12.8 Å². The first-order chi connectivity index (χ1) is 9.92. The predicted molar refractivity (Wildman–Crippen MR) is 78.6 cm³/mol. The minimum absolute atomic E-state index is 0.743. The van der Waals surface area contributed by atoms with E-state index < -0.39 is 0 Å². The van der Waals surface area contributed by atoms with Crippen molar-refractivity contribution in [1.29, 1.82) is 0 Å². The second kappa shape index (κ2) is 6.11. The molecular weight excluding hydrogens is 248 g/mol. The number of benzene rings is 2. The number of allylic oxidation sites excluding steroid dienone is 2. The number of ether oxygens (including phenoxy) is 2. The largest absolute Gasteiger partial charge is 0.462 e. The van der Waals surface area contributed by atoms with E-state index in [1.807, 2.05) is 36.4 Å². The lowest BCUT2D eigenvalue weighted by molar-refractivity contribution is 0.216. The smallest absolute Gasteiger partial charge is 0.146 e. The Morgan fingerprint density at radius 3 is 1.35 bits per heavy atom. The summed E-state index contributed by atoms with van der Waals surface area (Å²) in [6, 6.07) is 20.5. The molecular formula is C18H16O2. The summed E-state index contributed by atoms with van der Waals surface area (Å²) < 4.78 is 11.3. The molecule has 3 rings (SSSR count). The SMILES string of the molecule is C1=COC(Cc2ccccc2)=C(Cc2ccccc2)O1. The number of hydrogen-bond donors (Lipinski definition) is 0. The van der Waals surface area contributed by atoms with Crippen LogP contribution < -0.4 is 0 Å². The first kappa shape index (κ1) is 12.5. The van der Waals surface area contributed by atoms with E-state index in [1.165, 1.54) is 11.1 Å². The lowest BCUT2D eigenvalue weighted by Crippen LogP contribution is -2.06. The second-order valence-corrected chi connectivity index (χ2v) is 4.68. The van der Waals surface area contributed by atoms with Crippen molar-refractivity contribution in [2.75, 3.05) is 0 Å². The van der Waals surface area contributed by atoms with Gasteiger partial charge in [0.2, 0.25) is 0 Å². The van der Waals surface area contributed by atoms with Gasteiger partial charge in [-0.05, 0) is 11.1 Å². The zero-order valence-corrected chi connectivity index (χ0v) is 11.2. The van der Waals surface area contributed by atoms with E-state index in [2.05, 4.69) is 24.3 Å². The van der Waals surface area contributed by atoms with E-state index in [0.29, 0.717) is 0 Å². The van der Waals surface area contributed by atoms with Crippen LogP contribution in [0.25, 0.3) is 0 Å². The van der Waals surface area contributed by atoms with Gasteiger partial charge >= 0.3 is 0 Å². The molecule has 0 spiro atoms. The van der Waals surface area contributed by atoms with Crippen molar-refractivity contribution in [3.8, 4) is 0 Å². The van der Waals surface area contributed by atoms with Crippen LogP contribution >= 0.6 is 0 Å². The van der Waals surface area contributed by atoms with Gasteiger partial charge in [0.25, 0.3) is 0 Å². The normalized spacial score (nSPS) is 13.8. The van der Waals surface area contributed by atoms with Crippen molar-refractivity contribution in [2.24, 2.45) is 0 Å². The Balaban J connectivity index is 1.81. The summed E-state index contributed by atoms with van der Waals surface area (Å²) in [5.74, 6) is 1.75. The first-order valence-corrected chi connectivity index (χ1v) is 6.70. The minimum Gasteiger partial charge on any atom is -0.462 e. The molecule has 0 amide bonds.